The van der Waals surface area contributed by atoms with Crippen molar-refractivity contribution in [3.63, 3.8) is 0 Å². The smallest absolute Gasteiger partial charge is 0.220 e. The summed E-state index contributed by atoms with van der Waals surface area (Å²) in [6.45, 7) is 6.10. The Kier molecular flexibility index (Phi) is 4.11. The molecule has 0 aromatic heterocycles. The van der Waals surface area contributed by atoms with Crippen LogP contribution >= 0.6 is 0 Å². The fourth-order valence-electron chi connectivity index (χ4n) is 1.58. The van der Waals surface area contributed by atoms with Crippen molar-refractivity contribution < 1.29 is 13.2 Å². The van der Waals surface area contributed by atoms with Crippen LogP contribution < -0.4 is 5.32 Å². The summed E-state index contributed by atoms with van der Waals surface area (Å²) >= 11 is 0. The van der Waals surface area contributed by atoms with Crippen molar-refractivity contribution in [3.05, 3.63) is 0 Å². The van der Waals surface area contributed by atoms with Crippen LogP contribution in [-0.2, 0) is 14.8 Å². The largest absolute Gasteiger partial charge is 0.383 e. The van der Waals surface area contributed by atoms with E-state index in [0.29, 0.717) is 32.8 Å². The highest BCUT2D eigenvalue weighted by atomic mass is 32.2. The zero-order chi connectivity index (χ0) is 11.5. The molecular weight excluding hydrogens is 216 g/mol. The molecular formula is C9H20N2O3S. The third-order valence-corrected chi connectivity index (χ3v) is 5.26. The molecule has 1 aliphatic heterocycles. The van der Waals surface area contributed by atoms with Gasteiger partial charge in [0.2, 0.25) is 10.0 Å². The molecule has 1 heterocycles. The second kappa shape index (κ2) is 4.78. The van der Waals surface area contributed by atoms with Crippen LogP contribution in [0.2, 0.25) is 0 Å². The molecule has 0 radical (unpaired) electrons. The molecule has 0 unspecified atom stereocenters. The zero-order valence-electron chi connectivity index (χ0n) is 9.62. The third kappa shape index (κ3) is 2.69. The molecule has 0 aromatic rings. The van der Waals surface area contributed by atoms with Gasteiger partial charge in [0.25, 0.3) is 0 Å². The van der Waals surface area contributed by atoms with E-state index in [-0.39, 0.29) is 0 Å². The predicted molar refractivity (Wildman–Crippen MR) is 59.3 cm³/mol. The first kappa shape index (κ1) is 12.9. The lowest BCUT2D eigenvalue weighted by Gasteiger charge is -2.28. The van der Waals surface area contributed by atoms with E-state index in [9.17, 15) is 8.42 Å². The predicted octanol–water partition coefficient (Wildman–Crippen LogP) is -0.354. The molecule has 0 amide bonds. The molecule has 15 heavy (non-hydrogen) atoms. The Morgan fingerprint density at radius 1 is 1.47 bits per heavy atom. The summed E-state index contributed by atoms with van der Waals surface area (Å²) in [4.78, 5) is 0. The van der Waals surface area contributed by atoms with Gasteiger partial charge < -0.3 is 10.1 Å². The Hall–Kier alpha value is -0.170. The highest BCUT2D eigenvalue weighted by Crippen LogP contribution is 2.21. The van der Waals surface area contributed by atoms with Crippen LogP contribution in [0.15, 0.2) is 0 Å². The number of nitrogens with one attached hydrogen (secondary N) is 1. The summed E-state index contributed by atoms with van der Waals surface area (Å²) in [5.74, 6) is 0. The Bertz CT molecular complexity index is 300. The number of nitrogens with zero attached hydrogens (tertiary/aromatic N) is 1. The van der Waals surface area contributed by atoms with Crippen molar-refractivity contribution in [2.45, 2.75) is 18.6 Å². The van der Waals surface area contributed by atoms with Crippen LogP contribution in [-0.4, -0.2) is 57.4 Å². The standard InChI is InChI=1S/C9H20N2O3S/c1-9(2)8-10-4-5-11(6-7-14-3)15(9,12)13/h10H,4-8H2,1-3H3. The quantitative estimate of drug-likeness (QED) is 0.727. The van der Waals surface area contributed by atoms with E-state index in [2.05, 4.69) is 5.32 Å². The van der Waals surface area contributed by atoms with Crippen molar-refractivity contribution in [2.24, 2.45) is 0 Å². The molecule has 6 heteroatoms. The van der Waals surface area contributed by atoms with Crippen molar-refractivity contribution in [1.82, 2.24) is 9.62 Å². The molecule has 0 saturated carbocycles. The number of hydrogen-bond donors (Lipinski definition) is 1. The van der Waals surface area contributed by atoms with Gasteiger partial charge in [0.1, 0.15) is 0 Å². The summed E-state index contributed by atoms with van der Waals surface area (Å²) in [5.41, 5.74) is 0. The maximum Gasteiger partial charge on any atom is 0.220 e. The zero-order valence-corrected chi connectivity index (χ0v) is 10.4. The molecule has 90 valence electrons. The third-order valence-electron chi connectivity index (χ3n) is 2.67. The SMILES string of the molecule is COCCN1CCNCC(C)(C)S1(=O)=O. The van der Waals surface area contributed by atoms with Gasteiger partial charge in [0, 0.05) is 33.3 Å². The van der Waals surface area contributed by atoms with Crippen molar-refractivity contribution in [2.75, 3.05) is 39.9 Å². The first-order chi connectivity index (χ1) is 6.92. The Morgan fingerprint density at radius 3 is 2.73 bits per heavy atom. The minimum absolute atomic E-state index is 0.434. The maximum atomic E-state index is 12.2. The van der Waals surface area contributed by atoms with Gasteiger partial charge >= 0.3 is 0 Å². The maximum absolute atomic E-state index is 12.2. The number of rotatable bonds is 3. The van der Waals surface area contributed by atoms with E-state index in [0.717, 1.165) is 0 Å². The first-order valence-corrected chi connectivity index (χ1v) is 6.55. The summed E-state index contributed by atoms with van der Waals surface area (Å²) in [5, 5.41) is 3.14. The lowest BCUT2D eigenvalue weighted by molar-refractivity contribution is 0.179. The second-order valence-electron chi connectivity index (χ2n) is 4.33. The number of sulfonamides is 1. The second-order valence-corrected chi connectivity index (χ2v) is 6.91. The van der Waals surface area contributed by atoms with Crippen molar-refractivity contribution in [3.8, 4) is 0 Å². The van der Waals surface area contributed by atoms with E-state index < -0.39 is 14.8 Å². The molecule has 1 aliphatic rings. The first-order valence-electron chi connectivity index (χ1n) is 5.11. The molecule has 0 aliphatic carbocycles. The molecule has 0 bridgehead atoms. The molecule has 0 spiro atoms. The molecule has 0 aromatic carbocycles. The normalized spacial score (nSPS) is 26.1. The van der Waals surface area contributed by atoms with Crippen LogP contribution in [0.25, 0.3) is 0 Å². The van der Waals surface area contributed by atoms with Crippen molar-refractivity contribution in [1.29, 1.82) is 0 Å². The number of ether oxygens (including phenoxy) is 1. The van der Waals surface area contributed by atoms with E-state index in [1.807, 2.05) is 0 Å². The molecule has 1 fully saturated rings. The van der Waals surface area contributed by atoms with E-state index in [1.54, 1.807) is 21.0 Å². The summed E-state index contributed by atoms with van der Waals surface area (Å²) in [6.07, 6.45) is 0. The van der Waals surface area contributed by atoms with Crippen molar-refractivity contribution >= 4 is 10.0 Å². The van der Waals surface area contributed by atoms with E-state index in [1.165, 1.54) is 4.31 Å². The van der Waals surface area contributed by atoms with Crippen LogP contribution in [0.3, 0.4) is 0 Å². The van der Waals surface area contributed by atoms with Gasteiger partial charge in [-0.3, -0.25) is 0 Å². The lowest BCUT2D eigenvalue weighted by atomic mass is 10.2. The minimum atomic E-state index is -3.22. The Morgan fingerprint density at radius 2 is 2.13 bits per heavy atom. The Labute approximate surface area is 91.8 Å². The summed E-state index contributed by atoms with van der Waals surface area (Å²) in [7, 11) is -1.64. The van der Waals surface area contributed by atoms with Crippen LogP contribution in [0.5, 0.6) is 0 Å². The average Bonchev–Trinajstić information content (AvgIpc) is 2.23. The van der Waals surface area contributed by atoms with Crippen LogP contribution in [0, 0.1) is 0 Å². The van der Waals surface area contributed by atoms with E-state index in [4.69, 9.17) is 4.74 Å². The number of hydrogen-bond acceptors (Lipinski definition) is 4. The minimum Gasteiger partial charge on any atom is -0.383 e. The molecule has 0 atom stereocenters. The fourth-order valence-corrected chi connectivity index (χ4v) is 3.21. The van der Waals surface area contributed by atoms with E-state index >= 15 is 0 Å². The highest BCUT2D eigenvalue weighted by Gasteiger charge is 2.40. The van der Waals surface area contributed by atoms with Gasteiger partial charge in [-0.15, -0.1) is 0 Å². The molecule has 1 N–H and O–H groups in total. The fraction of sp³-hybridized carbons (Fsp3) is 1.00. The van der Waals surface area contributed by atoms with Gasteiger partial charge in [-0.05, 0) is 13.8 Å². The molecule has 1 rings (SSSR count). The molecule has 5 nitrogen and oxygen atoms in total. The number of methoxy groups -OCH3 is 1. The van der Waals surface area contributed by atoms with Gasteiger partial charge in [-0.2, -0.15) is 4.31 Å². The van der Waals surface area contributed by atoms with Crippen LogP contribution in [0.1, 0.15) is 13.8 Å². The summed E-state index contributed by atoms with van der Waals surface area (Å²) < 4.78 is 30.1. The highest BCUT2D eigenvalue weighted by molar-refractivity contribution is 7.90. The van der Waals surface area contributed by atoms with Gasteiger partial charge in [-0.1, -0.05) is 0 Å². The lowest BCUT2D eigenvalue weighted by Crippen LogP contribution is -2.47. The van der Waals surface area contributed by atoms with Gasteiger partial charge in [0.15, 0.2) is 0 Å². The monoisotopic (exact) mass is 236 g/mol. The average molecular weight is 236 g/mol. The van der Waals surface area contributed by atoms with Gasteiger partial charge in [0.05, 0.1) is 11.4 Å². The molecule has 1 saturated heterocycles. The summed E-state index contributed by atoms with van der Waals surface area (Å²) in [6, 6.07) is 0. The Balaban J connectivity index is 2.85. The van der Waals surface area contributed by atoms with Crippen LogP contribution in [0.4, 0.5) is 0 Å². The topological polar surface area (TPSA) is 58.6 Å². The van der Waals surface area contributed by atoms with Gasteiger partial charge in [-0.25, -0.2) is 8.42 Å².